The highest BCUT2D eigenvalue weighted by molar-refractivity contribution is 14.0. The number of nitrogens with one attached hydrogen (secondary N) is 2. The van der Waals surface area contributed by atoms with Gasteiger partial charge in [0.2, 0.25) is 0 Å². The second-order valence-corrected chi connectivity index (χ2v) is 6.36. The third-order valence-electron chi connectivity index (χ3n) is 4.33. The first-order valence-electron chi connectivity index (χ1n) is 9.45. The molecular formula is C22H28IN5O. The number of hydrogen-bond acceptors (Lipinski definition) is 3. The zero-order valence-electron chi connectivity index (χ0n) is 16.6. The monoisotopic (exact) mass is 505 g/mol. The van der Waals surface area contributed by atoms with E-state index in [-0.39, 0.29) is 24.0 Å². The third kappa shape index (κ3) is 7.86. The molecule has 2 aromatic carbocycles. The van der Waals surface area contributed by atoms with Crippen LogP contribution in [-0.4, -0.2) is 35.9 Å². The van der Waals surface area contributed by atoms with E-state index >= 15 is 0 Å². The van der Waals surface area contributed by atoms with Crippen LogP contribution in [0.1, 0.15) is 16.7 Å². The van der Waals surface area contributed by atoms with Crippen molar-refractivity contribution in [2.45, 2.75) is 19.7 Å². The quantitative estimate of drug-likeness (QED) is 0.203. The Hall–Kier alpha value is -2.39. The summed E-state index contributed by atoms with van der Waals surface area (Å²) in [5.74, 6) is 0.761. The van der Waals surface area contributed by atoms with Crippen molar-refractivity contribution >= 4 is 29.9 Å². The van der Waals surface area contributed by atoms with Gasteiger partial charge in [0.05, 0.1) is 19.8 Å². The van der Waals surface area contributed by atoms with Crippen molar-refractivity contribution in [1.29, 1.82) is 0 Å². The van der Waals surface area contributed by atoms with E-state index in [4.69, 9.17) is 4.74 Å². The fourth-order valence-corrected chi connectivity index (χ4v) is 2.86. The molecule has 0 bridgehead atoms. The maximum atomic E-state index is 5.70. The molecule has 0 radical (unpaired) electrons. The summed E-state index contributed by atoms with van der Waals surface area (Å²) in [6.45, 7) is 3.38. The van der Waals surface area contributed by atoms with Gasteiger partial charge in [0.1, 0.15) is 0 Å². The molecule has 0 atom stereocenters. The Bertz CT molecular complexity index is 853. The minimum atomic E-state index is 0. The van der Waals surface area contributed by atoms with E-state index in [2.05, 4.69) is 57.1 Å². The molecule has 1 aromatic heterocycles. The normalized spacial score (nSPS) is 11.0. The van der Waals surface area contributed by atoms with Crippen LogP contribution >= 0.6 is 24.0 Å². The van der Waals surface area contributed by atoms with Crippen molar-refractivity contribution < 1.29 is 4.74 Å². The van der Waals surface area contributed by atoms with Gasteiger partial charge in [0, 0.05) is 32.5 Å². The van der Waals surface area contributed by atoms with Crippen molar-refractivity contribution in [1.82, 2.24) is 20.4 Å². The van der Waals surface area contributed by atoms with Crippen molar-refractivity contribution in [3.05, 3.63) is 89.7 Å². The minimum Gasteiger partial charge on any atom is -0.375 e. The number of guanidine groups is 1. The van der Waals surface area contributed by atoms with Crippen LogP contribution in [0.3, 0.4) is 0 Å². The lowest BCUT2D eigenvalue weighted by Crippen LogP contribution is -2.38. The summed E-state index contributed by atoms with van der Waals surface area (Å²) in [4.78, 5) is 4.29. The van der Waals surface area contributed by atoms with Crippen LogP contribution in [0.15, 0.2) is 78.0 Å². The smallest absolute Gasteiger partial charge is 0.191 e. The molecule has 1 heterocycles. The first-order chi connectivity index (χ1) is 13.8. The summed E-state index contributed by atoms with van der Waals surface area (Å²) in [5.41, 5.74) is 3.64. The highest BCUT2D eigenvalue weighted by Crippen LogP contribution is 2.10. The SMILES string of the molecule is CN=C(NCCOCc1ccccc1)NCc1ccccc1Cn1cccn1.I. The van der Waals surface area contributed by atoms with Gasteiger partial charge in [-0.3, -0.25) is 9.67 Å². The van der Waals surface area contributed by atoms with Gasteiger partial charge >= 0.3 is 0 Å². The lowest BCUT2D eigenvalue weighted by molar-refractivity contribution is 0.125. The largest absolute Gasteiger partial charge is 0.375 e. The molecule has 0 fully saturated rings. The van der Waals surface area contributed by atoms with Crippen molar-refractivity contribution in [3.63, 3.8) is 0 Å². The van der Waals surface area contributed by atoms with E-state index < -0.39 is 0 Å². The molecule has 0 aliphatic rings. The van der Waals surface area contributed by atoms with Crippen LogP contribution in [0, 0.1) is 0 Å². The Labute approximate surface area is 189 Å². The van der Waals surface area contributed by atoms with Gasteiger partial charge < -0.3 is 15.4 Å². The second kappa shape index (κ2) is 12.9. The average Bonchev–Trinajstić information content (AvgIpc) is 3.25. The lowest BCUT2D eigenvalue weighted by atomic mass is 10.1. The Morgan fingerprint density at radius 3 is 2.48 bits per heavy atom. The fraction of sp³-hybridized carbons (Fsp3) is 0.273. The molecular weight excluding hydrogens is 477 g/mol. The van der Waals surface area contributed by atoms with E-state index in [1.807, 2.05) is 35.1 Å². The number of halogens is 1. The summed E-state index contributed by atoms with van der Waals surface area (Å²) >= 11 is 0. The number of nitrogens with zero attached hydrogens (tertiary/aromatic N) is 3. The predicted molar refractivity (Wildman–Crippen MR) is 127 cm³/mol. The van der Waals surface area contributed by atoms with Gasteiger partial charge in [-0.1, -0.05) is 54.6 Å². The van der Waals surface area contributed by atoms with Crippen LogP contribution in [0.25, 0.3) is 0 Å². The van der Waals surface area contributed by atoms with Crippen molar-refractivity contribution in [2.24, 2.45) is 4.99 Å². The van der Waals surface area contributed by atoms with Gasteiger partial charge in [-0.15, -0.1) is 24.0 Å². The molecule has 0 aliphatic carbocycles. The van der Waals surface area contributed by atoms with E-state index in [1.54, 1.807) is 13.2 Å². The Kier molecular flexibility index (Phi) is 10.2. The third-order valence-corrected chi connectivity index (χ3v) is 4.33. The summed E-state index contributed by atoms with van der Waals surface area (Å²) < 4.78 is 7.63. The van der Waals surface area contributed by atoms with Gasteiger partial charge in [0.25, 0.3) is 0 Å². The van der Waals surface area contributed by atoms with E-state index in [0.717, 1.165) is 12.5 Å². The standard InChI is InChI=1S/C22H27N5O.HI/c1-23-22(24-13-15-28-18-19-8-3-2-4-9-19)25-16-20-10-5-6-11-21(20)17-27-14-7-12-26-27;/h2-12,14H,13,15-18H2,1H3,(H2,23,24,25);1H. The Morgan fingerprint density at radius 2 is 1.76 bits per heavy atom. The highest BCUT2D eigenvalue weighted by Gasteiger charge is 2.04. The van der Waals surface area contributed by atoms with Crippen LogP contribution in [0.4, 0.5) is 0 Å². The Morgan fingerprint density at radius 1 is 1.00 bits per heavy atom. The molecule has 2 N–H and O–H groups in total. The highest BCUT2D eigenvalue weighted by atomic mass is 127. The topological polar surface area (TPSA) is 63.5 Å². The molecule has 0 spiro atoms. The first kappa shape index (κ1) is 22.9. The van der Waals surface area contributed by atoms with Crippen LogP contribution in [0.2, 0.25) is 0 Å². The summed E-state index contributed by atoms with van der Waals surface area (Å²) in [6.07, 6.45) is 3.77. The molecule has 29 heavy (non-hydrogen) atoms. The van der Waals surface area contributed by atoms with E-state index in [1.165, 1.54) is 16.7 Å². The number of aliphatic imine (C=N–C) groups is 1. The maximum Gasteiger partial charge on any atom is 0.191 e. The maximum absolute atomic E-state index is 5.70. The number of rotatable bonds is 9. The van der Waals surface area contributed by atoms with Crippen LogP contribution in [-0.2, 0) is 24.4 Å². The van der Waals surface area contributed by atoms with Gasteiger partial charge in [-0.25, -0.2) is 0 Å². The van der Waals surface area contributed by atoms with Crippen LogP contribution in [0.5, 0.6) is 0 Å². The van der Waals surface area contributed by atoms with Gasteiger partial charge in [-0.05, 0) is 22.8 Å². The average molecular weight is 505 g/mol. The number of aromatic nitrogens is 2. The summed E-state index contributed by atoms with van der Waals surface area (Å²) in [7, 11) is 1.77. The van der Waals surface area contributed by atoms with Crippen molar-refractivity contribution in [2.75, 3.05) is 20.2 Å². The molecule has 0 unspecified atom stereocenters. The molecule has 154 valence electrons. The molecule has 0 aliphatic heterocycles. The minimum absolute atomic E-state index is 0. The fourth-order valence-electron chi connectivity index (χ4n) is 2.86. The van der Waals surface area contributed by atoms with Crippen LogP contribution < -0.4 is 10.6 Å². The predicted octanol–water partition coefficient (Wildman–Crippen LogP) is 3.43. The summed E-state index contributed by atoms with van der Waals surface area (Å²) in [6, 6.07) is 20.5. The number of ether oxygens (including phenoxy) is 1. The molecule has 0 saturated heterocycles. The lowest BCUT2D eigenvalue weighted by Gasteiger charge is -2.14. The van der Waals surface area contributed by atoms with E-state index in [0.29, 0.717) is 26.3 Å². The summed E-state index contributed by atoms with van der Waals surface area (Å²) in [5, 5.41) is 10.9. The molecule has 6 nitrogen and oxygen atoms in total. The number of benzene rings is 2. The Balaban J connectivity index is 0.00000300. The van der Waals surface area contributed by atoms with E-state index in [9.17, 15) is 0 Å². The first-order valence-corrected chi connectivity index (χ1v) is 9.45. The zero-order chi connectivity index (χ0) is 19.4. The van der Waals surface area contributed by atoms with Gasteiger partial charge in [0.15, 0.2) is 5.96 Å². The molecule has 0 amide bonds. The molecule has 3 aromatic rings. The van der Waals surface area contributed by atoms with Gasteiger partial charge in [-0.2, -0.15) is 5.10 Å². The second-order valence-electron chi connectivity index (χ2n) is 6.36. The molecule has 0 saturated carbocycles. The molecule has 7 heteroatoms. The zero-order valence-corrected chi connectivity index (χ0v) is 19.0. The van der Waals surface area contributed by atoms with Crippen molar-refractivity contribution in [3.8, 4) is 0 Å². The molecule has 3 rings (SSSR count). The number of hydrogen-bond donors (Lipinski definition) is 2.